The Kier molecular flexibility index (Phi) is 5.73. The van der Waals surface area contributed by atoms with Gasteiger partial charge in [-0.1, -0.05) is 18.2 Å². The molecule has 1 aliphatic heterocycles. The van der Waals surface area contributed by atoms with Crippen molar-refractivity contribution in [1.29, 1.82) is 0 Å². The largest absolute Gasteiger partial charge is 0.487 e. The molecule has 0 fully saturated rings. The summed E-state index contributed by atoms with van der Waals surface area (Å²) in [7, 11) is 3.93. The number of aromatic nitrogens is 1. The maximum absolute atomic E-state index is 12.3. The summed E-state index contributed by atoms with van der Waals surface area (Å²) in [5.41, 5.74) is 3.89. The molecule has 1 aliphatic rings. The number of rotatable bonds is 6. The minimum absolute atomic E-state index is 0.107. The number of hydrogen-bond donors (Lipinski definition) is 1. The van der Waals surface area contributed by atoms with Gasteiger partial charge >= 0.3 is 6.03 Å². The molecule has 0 unspecified atom stereocenters. The number of carbonyl (C=O) groups is 1. The lowest BCUT2D eigenvalue weighted by Crippen LogP contribution is -2.41. The first-order chi connectivity index (χ1) is 12.5. The molecule has 0 bridgehead atoms. The van der Waals surface area contributed by atoms with E-state index >= 15 is 0 Å². The summed E-state index contributed by atoms with van der Waals surface area (Å²) in [6.45, 7) is 4.92. The van der Waals surface area contributed by atoms with E-state index in [1.54, 1.807) is 24.3 Å². The third kappa shape index (κ3) is 4.73. The molecule has 2 aromatic rings. The second kappa shape index (κ2) is 8.19. The molecule has 138 valence electrons. The van der Waals surface area contributed by atoms with Crippen molar-refractivity contribution in [3.8, 4) is 5.75 Å². The van der Waals surface area contributed by atoms with E-state index in [0.29, 0.717) is 18.8 Å². The van der Waals surface area contributed by atoms with Crippen molar-refractivity contribution in [1.82, 2.24) is 20.1 Å². The summed E-state index contributed by atoms with van der Waals surface area (Å²) < 4.78 is 5.72. The Bertz CT molecular complexity index is 751. The lowest BCUT2D eigenvalue weighted by Gasteiger charge is -2.21. The van der Waals surface area contributed by atoms with Crippen LogP contribution in [0.4, 0.5) is 4.79 Å². The second-order valence-electron chi connectivity index (χ2n) is 6.93. The number of benzene rings is 1. The van der Waals surface area contributed by atoms with Crippen molar-refractivity contribution >= 4 is 6.03 Å². The minimum atomic E-state index is -0.132. The second-order valence-corrected chi connectivity index (χ2v) is 6.93. The molecule has 2 heterocycles. The molecular weight excluding hydrogens is 328 g/mol. The van der Waals surface area contributed by atoms with Crippen LogP contribution < -0.4 is 10.1 Å². The molecule has 1 N–H and O–H groups in total. The predicted molar refractivity (Wildman–Crippen MR) is 101 cm³/mol. The Labute approximate surface area is 154 Å². The molecule has 2 amide bonds. The Morgan fingerprint density at radius 3 is 2.92 bits per heavy atom. The van der Waals surface area contributed by atoms with E-state index in [1.165, 1.54) is 11.1 Å². The smallest absolute Gasteiger partial charge is 0.317 e. The van der Waals surface area contributed by atoms with Crippen LogP contribution in [0, 0.1) is 0 Å². The summed E-state index contributed by atoms with van der Waals surface area (Å²) >= 11 is 0. The van der Waals surface area contributed by atoms with Gasteiger partial charge in [0.05, 0.1) is 12.7 Å². The SMILES string of the molecule is C[C@H](CNC(=O)N(C)Cc1ccc2c(c1)CN(C)C2)Oc1cccnc1. The van der Waals surface area contributed by atoms with Crippen LogP contribution in [0.1, 0.15) is 23.6 Å². The van der Waals surface area contributed by atoms with Crippen molar-refractivity contribution < 1.29 is 9.53 Å². The normalized spacial score (nSPS) is 14.6. The Morgan fingerprint density at radius 1 is 1.35 bits per heavy atom. The first kappa shape index (κ1) is 18.2. The molecule has 0 saturated heterocycles. The highest BCUT2D eigenvalue weighted by atomic mass is 16.5. The van der Waals surface area contributed by atoms with Crippen LogP contribution >= 0.6 is 0 Å². The average Bonchev–Trinajstić information content (AvgIpc) is 2.99. The average molecular weight is 354 g/mol. The van der Waals surface area contributed by atoms with Gasteiger partial charge in [-0.05, 0) is 42.8 Å². The van der Waals surface area contributed by atoms with Gasteiger partial charge in [-0.15, -0.1) is 0 Å². The molecule has 0 saturated carbocycles. The maximum Gasteiger partial charge on any atom is 0.317 e. The zero-order valence-corrected chi connectivity index (χ0v) is 15.6. The zero-order chi connectivity index (χ0) is 18.5. The van der Waals surface area contributed by atoms with Crippen molar-refractivity contribution in [3.63, 3.8) is 0 Å². The number of nitrogens with zero attached hydrogens (tertiary/aromatic N) is 3. The quantitative estimate of drug-likeness (QED) is 0.866. The summed E-state index contributed by atoms with van der Waals surface area (Å²) in [5.74, 6) is 0.700. The molecule has 0 radical (unpaired) electrons. The first-order valence-electron chi connectivity index (χ1n) is 8.86. The maximum atomic E-state index is 12.3. The summed E-state index contributed by atoms with van der Waals surface area (Å²) in [5, 5.41) is 2.92. The van der Waals surface area contributed by atoms with E-state index in [4.69, 9.17) is 4.74 Å². The van der Waals surface area contributed by atoms with Crippen molar-refractivity contribution in [2.75, 3.05) is 20.6 Å². The molecule has 1 aromatic heterocycles. The highest BCUT2D eigenvalue weighted by molar-refractivity contribution is 5.73. The number of urea groups is 1. The molecule has 26 heavy (non-hydrogen) atoms. The van der Waals surface area contributed by atoms with Crippen LogP contribution in [-0.2, 0) is 19.6 Å². The van der Waals surface area contributed by atoms with Crippen molar-refractivity contribution in [3.05, 3.63) is 59.4 Å². The van der Waals surface area contributed by atoms with E-state index in [0.717, 1.165) is 18.7 Å². The van der Waals surface area contributed by atoms with Gasteiger partial charge in [-0.25, -0.2) is 4.79 Å². The number of pyridine rings is 1. The van der Waals surface area contributed by atoms with E-state index in [-0.39, 0.29) is 12.1 Å². The van der Waals surface area contributed by atoms with Crippen LogP contribution in [0.5, 0.6) is 5.75 Å². The van der Waals surface area contributed by atoms with Gasteiger partial charge in [-0.2, -0.15) is 0 Å². The highest BCUT2D eigenvalue weighted by Gasteiger charge is 2.17. The fourth-order valence-corrected chi connectivity index (χ4v) is 3.12. The molecule has 1 aromatic carbocycles. The number of hydrogen-bond acceptors (Lipinski definition) is 4. The van der Waals surface area contributed by atoms with Gasteiger partial charge in [0, 0.05) is 32.9 Å². The standard InChI is InChI=1S/C20H26N4O2/c1-15(26-19-5-4-8-21-11-19)10-22-20(25)24(3)12-16-6-7-17-13-23(2)14-18(17)9-16/h4-9,11,15H,10,12-14H2,1-3H3,(H,22,25)/t15-/m1/s1. The third-order valence-corrected chi connectivity index (χ3v) is 4.43. The molecule has 6 heteroatoms. The van der Waals surface area contributed by atoms with Gasteiger partial charge in [-0.3, -0.25) is 9.88 Å². The van der Waals surface area contributed by atoms with E-state index in [1.807, 2.05) is 19.1 Å². The number of amides is 2. The lowest BCUT2D eigenvalue weighted by molar-refractivity contribution is 0.188. The first-order valence-corrected chi connectivity index (χ1v) is 8.86. The fourth-order valence-electron chi connectivity index (χ4n) is 3.12. The summed E-state index contributed by atoms with van der Waals surface area (Å²) in [4.78, 5) is 20.3. The number of fused-ring (bicyclic) bond motifs is 1. The highest BCUT2D eigenvalue weighted by Crippen LogP contribution is 2.22. The molecule has 0 aliphatic carbocycles. The number of nitrogens with one attached hydrogen (secondary N) is 1. The topological polar surface area (TPSA) is 57.7 Å². The fraction of sp³-hybridized carbons (Fsp3) is 0.400. The lowest BCUT2D eigenvalue weighted by atomic mass is 10.1. The van der Waals surface area contributed by atoms with Gasteiger partial charge in [0.2, 0.25) is 0 Å². The monoisotopic (exact) mass is 354 g/mol. The Hall–Kier alpha value is -2.60. The summed E-state index contributed by atoms with van der Waals surface area (Å²) in [6, 6.07) is 10.0. The Morgan fingerprint density at radius 2 is 2.15 bits per heavy atom. The molecule has 6 nitrogen and oxygen atoms in total. The van der Waals surface area contributed by atoms with E-state index in [9.17, 15) is 4.79 Å². The molecule has 0 spiro atoms. The van der Waals surface area contributed by atoms with E-state index in [2.05, 4.69) is 40.4 Å². The molecule has 1 atom stereocenters. The van der Waals surface area contributed by atoms with Crippen molar-refractivity contribution in [2.45, 2.75) is 32.7 Å². The third-order valence-electron chi connectivity index (χ3n) is 4.43. The summed E-state index contributed by atoms with van der Waals surface area (Å²) in [6.07, 6.45) is 3.23. The van der Waals surface area contributed by atoms with Crippen molar-refractivity contribution in [2.24, 2.45) is 0 Å². The Balaban J connectivity index is 1.47. The van der Waals surface area contributed by atoms with Gasteiger partial charge in [0.15, 0.2) is 0 Å². The number of ether oxygens (including phenoxy) is 1. The van der Waals surface area contributed by atoms with Gasteiger partial charge < -0.3 is 15.0 Å². The van der Waals surface area contributed by atoms with Crippen LogP contribution in [-0.4, -0.2) is 47.6 Å². The van der Waals surface area contributed by atoms with Gasteiger partial charge in [0.25, 0.3) is 0 Å². The van der Waals surface area contributed by atoms with E-state index < -0.39 is 0 Å². The molecular formula is C20H26N4O2. The van der Waals surface area contributed by atoms with Crippen LogP contribution in [0.2, 0.25) is 0 Å². The zero-order valence-electron chi connectivity index (χ0n) is 15.6. The minimum Gasteiger partial charge on any atom is -0.487 e. The van der Waals surface area contributed by atoms with Crippen LogP contribution in [0.3, 0.4) is 0 Å². The number of carbonyl (C=O) groups excluding carboxylic acids is 1. The van der Waals surface area contributed by atoms with Crippen LogP contribution in [0.25, 0.3) is 0 Å². The predicted octanol–water partition coefficient (Wildman–Crippen LogP) is 2.64. The van der Waals surface area contributed by atoms with Crippen LogP contribution in [0.15, 0.2) is 42.7 Å². The molecule has 3 rings (SSSR count). The van der Waals surface area contributed by atoms with Gasteiger partial charge in [0.1, 0.15) is 11.9 Å².